The van der Waals surface area contributed by atoms with Crippen molar-refractivity contribution in [2.45, 2.75) is 48.0 Å². The normalized spacial score (nSPS) is 21.4. The Balaban J connectivity index is 3.23. The van der Waals surface area contributed by atoms with E-state index in [1.807, 2.05) is 0 Å². The largest absolute Gasteiger partial charge is 0.0769 e. The number of hydrogen-bond donors (Lipinski definition) is 0. The van der Waals surface area contributed by atoms with Crippen LogP contribution in [0, 0.1) is 23.2 Å². The molecule has 0 nitrogen and oxygen atoms in total. The first-order valence-electron chi connectivity index (χ1n) is 5.80. The molecule has 0 aromatic heterocycles. The highest BCUT2D eigenvalue weighted by molar-refractivity contribution is 5.29. The van der Waals surface area contributed by atoms with Gasteiger partial charge in [0.25, 0.3) is 0 Å². The average Bonchev–Trinajstić information content (AvgIpc) is 1.99. The van der Waals surface area contributed by atoms with Crippen LogP contribution in [0.1, 0.15) is 48.0 Å². The number of rotatable bonds is 0. The first-order valence-corrected chi connectivity index (χ1v) is 5.80. The average molecular weight is 205 g/mol. The van der Waals surface area contributed by atoms with Gasteiger partial charge in [-0.2, -0.15) is 0 Å². The van der Waals surface area contributed by atoms with Crippen molar-refractivity contribution < 1.29 is 0 Å². The minimum absolute atomic E-state index is 0.214. The molecular formula is C15H25. The van der Waals surface area contributed by atoms with Gasteiger partial charge in [0, 0.05) is 5.41 Å². The molecule has 0 fully saturated rings. The Morgan fingerprint density at radius 2 is 1.53 bits per heavy atom. The van der Waals surface area contributed by atoms with E-state index in [0.29, 0.717) is 0 Å². The molecule has 1 radical (unpaired) electrons. The van der Waals surface area contributed by atoms with E-state index in [4.69, 9.17) is 0 Å². The van der Waals surface area contributed by atoms with E-state index in [9.17, 15) is 0 Å². The van der Waals surface area contributed by atoms with Crippen molar-refractivity contribution in [2.24, 2.45) is 16.2 Å². The van der Waals surface area contributed by atoms with Gasteiger partial charge >= 0.3 is 0 Å². The lowest BCUT2D eigenvalue weighted by Gasteiger charge is -2.53. The lowest BCUT2D eigenvalue weighted by molar-refractivity contribution is 0.0171. The van der Waals surface area contributed by atoms with Crippen molar-refractivity contribution in [1.29, 1.82) is 0 Å². The van der Waals surface area contributed by atoms with Gasteiger partial charge in [-0.1, -0.05) is 65.3 Å². The van der Waals surface area contributed by atoms with E-state index in [1.165, 1.54) is 5.57 Å². The van der Waals surface area contributed by atoms with Crippen LogP contribution in [0.15, 0.2) is 23.8 Å². The van der Waals surface area contributed by atoms with E-state index in [0.717, 1.165) is 6.42 Å². The number of allylic oxidation sites excluding steroid dienone is 4. The van der Waals surface area contributed by atoms with Gasteiger partial charge in [0.15, 0.2) is 0 Å². The van der Waals surface area contributed by atoms with E-state index < -0.39 is 0 Å². The zero-order valence-corrected chi connectivity index (χ0v) is 11.1. The molecule has 0 aromatic rings. The summed E-state index contributed by atoms with van der Waals surface area (Å²) in [6.45, 7) is 18.1. The highest BCUT2D eigenvalue weighted by Crippen LogP contribution is 2.57. The Bertz CT molecular complexity index is 275. The predicted octanol–water partition coefficient (Wildman–Crippen LogP) is 4.79. The Morgan fingerprint density at radius 3 is 1.80 bits per heavy atom. The first kappa shape index (κ1) is 12.5. The van der Waals surface area contributed by atoms with Crippen LogP contribution in [0.3, 0.4) is 0 Å². The molecule has 0 spiro atoms. The molecule has 0 N–H and O–H groups in total. The molecule has 1 aliphatic rings. The molecule has 0 heterocycles. The van der Waals surface area contributed by atoms with Gasteiger partial charge in [0.05, 0.1) is 0 Å². The van der Waals surface area contributed by atoms with Crippen LogP contribution in [0.2, 0.25) is 0 Å². The summed E-state index contributed by atoms with van der Waals surface area (Å²) in [7, 11) is 0. The molecule has 1 rings (SSSR count). The topological polar surface area (TPSA) is 0 Å². The van der Waals surface area contributed by atoms with Crippen LogP contribution in [0.5, 0.6) is 0 Å². The van der Waals surface area contributed by atoms with Crippen molar-refractivity contribution in [3.05, 3.63) is 30.7 Å². The molecule has 0 amide bonds. The van der Waals surface area contributed by atoms with E-state index in [1.54, 1.807) is 0 Å². The summed E-state index contributed by atoms with van der Waals surface area (Å²) in [6.07, 6.45) is 7.79. The SMILES string of the molecule is [CH2]C1=CC=CC(C(C)(C)C)(C(C)(C)C)C1. The van der Waals surface area contributed by atoms with Crippen molar-refractivity contribution in [3.8, 4) is 0 Å². The fourth-order valence-electron chi connectivity index (χ4n) is 2.98. The van der Waals surface area contributed by atoms with Crippen LogP contribution >= 0.6 is 0 Å². The van der Waals surface area contributed by atoms with Crippen LogP contribution < -0.4 is 0 Å². The Labute approximate surface area is 95.5 Å². The van der Waals surface area contributed by atoms with Gasteiger partial charge in [-0.05, 0) is 24.2 Å². The van der Waals surface area contributed by atoms with Gasteiger partial charge in [-0.3, -0.25) is 0 Å². The second kappa shape index (κ2) is 3.50. The predicted molar refractivity (Wildman–Crippen MR) is 68.5 cm³/mol. The smallest absolute Gasteiger partial charge is 0.00190 e. The summed E-state index contributed by atoms with van der Waals surface area (Å²) in [5.41, 5.74) is 1.99. The van der Waals surface area contributed by atoms with Crippen molar-refractivity contribution in [2.75, 3.05) is 0 Å². The molecule has 1 aliphatic carbocycles. The van der Waals surface area contributed by atoms with Gasteiger partial charge < -0.3 is 0 Å². The molecular weight excluding hydrogens is 180 g/mol. The molecule has 15 heavy (non-hydrogen) atoms. The van der Waals surface area contributed by atoms with E-state index in [2.05, 4.69) is 66.7 Å². The summed E-state index contributed by atoms with van der Waals surface area (Å²) < 4.78 is 0. The fourth-order valence-corrected chi connectivity index (χ4v) is 2.98. The second-order valence-electron chi connectivity index (χ2n) is 6.83. The Morgan fingerprint density at radius 1 is 1.07 bits per heavy atom. The fraction of sp³-hybridized carbons (Fsp3) is 0.667. The standard InChI is InChI=1S/C15H25/c1-12-9-8-10-15(11-12,13(2,3)4)14(5,6)7/h8-10H,1,11H2,2-7H3. The van der Waals surface area contributed by atoms with Gasteiger partial charge in [0.1, 0.15) is 0 Å². The Kier molecular flexibility index (Phi) is 2.93. The minimum Gasteiger partial charge on any atom is -0.0769 e. The monoisotopic (exact) mass is 205 g/mol. The molecule has 0 aromatic carbocycles. The third-order valence-electron chi connectivity index (χ3n) is 3.90. The molecule has 0 bridgehead atoms. The third kappa shape index (κ3) is 2.04. The lowest BCUT2D eigenvalue weighted by Crippen LogP contribution is -2.45. The van der Waals surface area contributed by atoms with Crippen molar-refractivity contribution >= 4 is 0 Å². The summed E-state index contributed by atoms with van der Waals surface area (Å²) in [5.74, 6) is 0. The third-order valence-corrected chi connectivity index (χ3v) is 3.90. The van der Waals surface area contributed by atoms with Crippen LogP contribution in [0.25, 0.3) is 0 Å². The first-order chi connectivity index (χ1) is 6.60. The van der Waals surface area contributed by atoms with Crippen LogP contribution in [0.4, 0.5) is 0 Å². The summed E-state index contributed by atoms with van der Waals surface area (Å²) >= 11 is 0. The highest BCUT2D eigenvalue weighted by atomic mass is 14.5. The van der Waals surface area contributed by atoms with Crippen molar-refractivity contribution in [1.82, 2.24) is 0 Å². The maximum Gasteiger partial charge on any atom is 0.00190 e. The molecule has 0 aliphatic heterocycles. The highest BCUT2D eigenvalue weighted by Gasteiger charge is 2.48. The molecule has 0 heteroatoms. The maximum absolute atomic E-state index is 4.13. The molecule has 0 saturated heterocycles. The molecule has 85 valence electrons. The van der Waals surface area contributed by atoms with E-state index in [-0.39, 0.29) is 16.2 Å². The quantitative estimate of drug-likeness (QED) is 0.533. The maximum atomic E-state index is 4.13. The summed E-state index contributed by atoms with van der Waals surface area (Å²) in [5, 5.41) is 0. The zero-order chi connectivity index (χ0) is 11.9. The zero-order valence-electron chi connectivity index (χ0n) is 11.1. The molecule has 0 unspecified atom stereocenters. The Hall–Kier alpha value is -0.520. The second-order valence-corrected chi connectivity index (χ2v) is 6.83. The van der Waals surface area contributed by atoms with Gasteiger partial charge in [-0.15, -0.1) is 0 Å². The summed E-state index contributed by atoms with van der Waals surface area (Å²) in [6, 6.07) is 0. The molecule has 0 atom stereocenters. The van der Waals surface area contributed by atoms with Crippen LogP contribution in [-0.4, -0.2) is 0 Å². The van der Waals surface area contributed by atoms with Crippen LogP contribution in [-0.2, 0) is 0 Å². The lowest BCUT2D eigenvalue weighted by atomic mass is 9.51. The van der Waals surface area contributed by atoms with E-state index >= 15 is 0 Å². The minimum atomic E-state index is 0.214. The van der Waals surface area contributed by atoms with Crippen molar-refractivity contribution in [3.63, 3.8) is 0 Å². The van der Waals surface area contributed by atoms with Gasteiger partial charge in [0.2, 0.25) is 0 Å². The number of hydrogen-bond acceptors (Lipinski definition) is 0. The van der Waals surface area contributed by atoms with Gasteiger partial charge in [-0.25, -0.2) is 0 Å². The molecule has 0 saturated carbocycles. The summed E-state index contributed by atoms with van der Waals surface area (Å²) in [4.78, 5) is 0.